The average Bonchev–Trinajstić information content (AvgIpc) is 3.42. The first-order valence-electron chi connectivity index (χ1n) is 11.9. The number of benzene rings is 2. The van der Waals surface area contributed by atoms with Crippen LogP contribution in [0.2, 0.25) is 0 Å². The molecule has 0 spiro atoms. The van der Waals surface area contributed by atoms with Gasteiger partial charge in [0.25, 0.3) is 5.91 Å². The summed E-state index contributed by atoms with van der Waals surface area (Å²) >= 11 is 0. The summed E-state index contributed by atoms with van der Waals surface area (Å²) in [5, 5.41) is 4.70. The molecule has 0 aliphatic carbocycles. The molecule has 3 heterocycles. The van der Waals surface area contributed by atoms with Gasteiger partial charge in [0.2, 0.25) is 0 Å². The Hall–Kier alpha value is -4.39. The quantitative estimate of drug-likeness (QED) is 0.318. The van der Waals surface area contributed by atoms with E-state index in [-0.39, 0.29) is 5.91 Å². The van der Waals surface area contributed by atoms with Crippen molar-refractivity contribution in [3.8, 4) is 11.4 Å². The molecule has 0 unspecified atom stereocenters. The molecule has 0 aliphatic heterocycles. The molecular weight excluding hydrogens is 450 g/mol. The molecule has 0 saturated carbocycles. The Balaban J connectivity index is 1.28. The van der Waals surface area contributed by atoms with Gasteiger partial charge in [-0.05, 0) is 62.7 Å². The summed E-state index contributed by atoms with van der Waals surface area (Å²) in [4.78, 5) is 19.6. The lowest BCUT2D eigenvalue weighted by Crippen LogP contribution is -2.26. The molecule has 182 valence electrons. The van der Waals surface area contributed by atoms with E-state index >= 15 is 0 Å². The number of carbonyl (C=O) groups is 1. The molecule has 2 aromatic carbocycles. The van der Waals surface area contributed by atoms with E-state index in [0.717, 1.165) is 34.0 Å². The standard InChI is InChI=1S/C29H29N5O2/c1-20-13-14-28-30-24(17-33(28)16-20)19-36-26-12-8-9-23(15-26)29(35)32(4)18-27-21(2)31-34(22(27)3)25-10-6-5-7-11-25/h5-17H,18-19H2,1-4H3. The second-order valence-corrected chi connectivity index (χ2v) is 9.08. The Kier molecular flexibility index (Phi) is 6.29. The van der Waals surface area contributed by atoms with Crippen LogP contribution in [0.4, 0.5) is 0 Å². The molecule has 0 aliphatic rings. The smallest absolute Gasteiger partial charge is 0.254 e. The summed E-state index contributed by atoms with van der Waals surface area (Å²) in [5.41, 5.74) is 7.44. The van der Waals surface area contributed by atoms with Crippen LogP contribution in [-0.4, -0.2) is 37.0 Å². The summed E-state index contributed by atoms with van der Waals surface area (Å²) in [6.07, 6.45) is 4.00. The molecule has 0 atom stereocenters. The van der Waals surface area contributed by atoms with Crippen LogP contribution in [0, 0.1) is 20.8 Å². The Morgan fingerprint density at radius 1 is 0.972 bits per heavy atom. The van der Waals surface area contributed by atoms with Crippen molar-refractivity contribution in [3.63, 3.8) is 0 Å². The fraction of sp³-hybridized carbons (Fsp3) is 0.207. The SMILES string of the molecule is Cc1ccc2nc(COc3cccc(C(=O)N(C)Cc4c(C)nn(-c5ccccc5)c4C)c3)cn2c1. The first kappa shape index (κ1) is 23.4. The first-order chi connectivity index (χ1) is 17.4. The minimum atomic E-state index is -0.0742. The third-order valence-electron chi connectivity index (χ3n) is 6.30. The van der Waals surface area contributed by atoms with Crippen molar-refractivity contribution >= 4 is 11.6 Å². The Labute approximate surface area is 210 Å². The van der Waals surface area contributed by atoms with Gasteiger partial charge in [0.05, 0.1) is 17.1 Å². The molecule has 5 aromatic rings. The molecule has 5 rings (SSSR count). The van der Waals surface area contributed by atoms with Crippen molar-refractivity contribution in [1.29, 1.82) is 0 Å². The Morgan fingerprint density at radius 3 is 2.58 bits per heavy atom. The normalized spacial score (nSPS) is 11.1. The Morgan fingerprint density at radius 2 is 1.78 bits per heavy atom. The molecule has 0 bridgehead atoms. The van der Waals surface area contributed by atoms with E-state index in [9.17, 15) is 4.79 Å². The number of pyridine rings is 1. The number of hydrogen-bond donors (Lipinski definition) is 0. The summed E-state index contributed by atoms with van der Waals surface area (Å²) < 4.78 is 9.89. The molecule has 0 fully saturated rings. The van der Waals surface area contributed by atoms with Crippen LogP contribution < -0.4 is 4.74 Å². The number of para-hydroxylation sites is 1. The number of aromatic nitrogens is 4. The average molecular weight is 480 g/mol. The molecule has 36 heavy (non-hydrogen) atoms. The van der Waals surface area contributed by atoms with Gasteiger partial charge in [-0.25, -0.2) is 9.67 Å². The van der Waals surface area contributed by atoms with Crippen LogP contribution in [0.5, 0.6) is 5.75 Å². The van der Waals surface area contributed by atoms with Crippen molar-refractivity contribution in [2.24, 2.45) is 0 Å². The molecule has 1 amide bonds. The molecular formula is C29H29N5O2. The highest BCUT2D eigenvalue weighted by molar-refractivity contribution is 5.94. The van der Waals surface area contributed by atoms with Gasteiger partial charge in [-0.1, -0.05) is 30.3 Å². The van der Waals surface area contributed by atoms with E-state index < -0.39 is 0 Å². The molecule has 0 radical (unpaired) electrons. The van der Waals surface area contributed by atoms with Gasteiger partial charge in [0.1, 0.15) is 18.0 Å². The fourth-order valence-corrected chi connectivity index (χ4v) is 4.36. The highest BCUT2D eigenvalue weighted by atomic mass is 16.5. The molecule has 7 nitrogen and oxygen atoms in total. The topological polar surface area (TPSA) is 64.7 Å². The monoisotopic (exact) mass is 479 g/mol. The highest BCUT2D eigenvalue weighted by Gasteiger charge is 2.19. The number of rotatable bonds is 7. The minimum absolute atomic E-state index is 0.0742. The van der Waals surface area contributed by atoms with Gasteiger partial charge in [-0.2, -0.15) is 5.10 Å². The van der Waals surface area contributed by atoms with E-state index in [1.807, 2.05) is 110 Å². The van der Waals surface area contributed by atoms with Gasteiger partial charge in [-0.3, -0.25) is 4.79 Å². The number of imidazole rings is 1. The molecule has 7 heteroatoms. The van der Waals surface area contributed by atoms with Crippen molar-refractivity contribution in [3.05, 3.63) is 113 Å². The zero-order valence-electron chi connectivity index (χ0n) is 21.0. The van der Waals surface area contributed by atoms with Gasteiger partial charge in [0, 0.05) is 42.8 Å². The van der Waals surface area contributed by atoms with E-state index in [0.29, 0.717) is 24.5 Å². The summed E-state index contributed by atoms with van der Waals surface area (Å²) in [6.45, 7) is 6.86. The number of fused-ring (bicyclic) bond motifs is 1. The van der Waals surface area contributed by atoms with Crippen LogP contribution in [0.15, 0.2) is 79.1 Å². The fourth-order valence-electron chi connectivity index (χ4n) is 4.36. The number of hydrogen-bond acceptors (Lipinski definition) is 4. The van der Waals surface area contributed by atoms with E-state index in [4.69, 9.17) is 9.84 Å². The molecule has 0 N–H and O–H groups in total. The summed E-state index contributed by atoms with van der Waals surface area (Å²) in [5.74, 6) is 0.557. The number of nitrogens with zero attached hydrogens (tertiary/aromatic N) is 5. The third kappa shape index (κ3) is 4.73. The lowest BCUT2D eigenvalue weighted by molar-refractivity contribution is 0.0784. The van der Waals surface area contributed by atoms with Crippen LogP contribution in [0.3, 0.4) is 0 Å². The predicted molar refractivity (Wildman–Crippen MR) is 140 cm³/mol. The van der Waals surface area contributed by atoms with E-state index in [1.54, 1.807) is 11.0 Å². The van der Waals surface area contributed by atoms with Gasteiger partial charge in [0.15, 0.2) is 0 Å². The number of carbonyl (C=O) groups excluding carboxylic acids is 1. The highest BCUT2D eigenvalue weighted by Crippen LogP contribution is 2.21. The van der Waals surface area contributed by atoms with Gasteiger partial charge >= 0.3 is 0 Å². The van der Waals surface area contributed by atoms with Crippen molar-refractivity contribution in [2.75, 3.05) is 7.05 Å². The summed E-state index contributed by atoms with van der Waals surface area (Å²) in [7, 11) is 1.81. The third-order valence-corrected chi connectivity index (χ3v) is 6.30. The van der Waals surface area contributed by atoms with Crippen molar-refractivity contribution < 1.29 is 9.53 Å². The number of aryl methyl sites for hydroxylation is 2. The van der Waals surface area contributed by atoms with Gasteiger partial charge < -0.3 is 14.0 Å². The van der Waals surface area contributed by atoms with Crippen LogP contribution in [-0.2, 0) is 13.2 Å². The van der Waals surface area contributed by atoms with Crippen LogP contribution in [0.1, 0.15) is 38.6 Å². The first-order valence-corrected chi connectivity index (χ1v) is 11.9. The van der Waals surface area contributed by atoms with E-state index in [1.165, 1.54) is 5.56 Å². The minimum Gasteiger partial charge on any atom is -0.487 e. The summed E-state index contributed by atoms with van der Waals surface area (Å²) in [6, 6.07) is 21.3. The second-order valence-electron chi connectivity index (χ2n) is 9.08. The van der Waals surface area contributed by atoms with Crippen LogP contribution >= 0.6 is 0 Å². The van der Waals surface area contributed by atoms with Gasteiger partial charge in [-0.15, -0.1) is 0 Å². The zero-order chi connectivity index (χ0) is 25.2. The van der Waals surface area contributed by atoms with Crippen molar-refractivity contribution in [1.82, 2.24) is 24.1 Å². The second kappa shape index (κ2) is 9.70. The zero-order valence-corrected chi connectivity index (χ0v) is 21.0. The van der Waals surface area contributed by atoms with Crippen LogP contribution in [0.25, 0.3) is 11.3 Å². The lowest BCUT2D eigenvalue weighted by Gasteiger charge is -2.18. The number of ether oxygens (including phenoxy) is 1. The lowest BCUT2D eigenvalue weighted by atomic mass is 10.1. The van der Waals surface area contributed by atoms with E-state index in [2.05, 4.69) is 4.98 Å². The maximum atomic E-state index is 13.3. The molecule has 3 aromatic heterocycles. The Bertz CT molecular complexity index is 1530. The molecule has 0 saturated heterocycles. The van der Waals surface area contributed by atoms with Crippen molar-refractivity contribution in [2.45, 2.75) is 33.9 Å². The largest absolute Gasteiger partial charge is 0.487 e. The number of amides is 1. The maximum absolute atomic E-state index is 13.3. The maximum Gasteiger partial charge on any atom is 0.254 e. The predicted octanol–water partition coefficient (Wildman–Crippen LogP) is 5.30.